The number of nitrogens with one attached hydrogen (secondary N) is 1. The fourth-order valence-corrected chi connectivity index (χ4v) is 1.56. The standard InChI is InChI=1S/C13H21NO.C2H3F3.C2H6/c1-3-5-7-12(6-4-2)11-15-13-8-9-14-10-13;1-2(3,4)5;1-2/h4-7,13-14H,2-3,8-11H2,1H3;1H3;1-2H3/b7-5-,12-6+;;. The number of allylic oxidation sites excluding steroid dienone is 3. The van der Waals surface area contributed by atoms with E-state index in [9.17, 15) is 13.2 Å². The van der Waals surface area contributed by atoms with Crippen LogP contribution in [0.3, 0.4) is 0 Å². The van der Waals surface area contributed by atoms with E-state index in [0.29, 0.717) is 12.7 Å². The summed E-state index contributed by atoms with van der Waals surface area (Å²) in [6.07, 6.45) is 6.64. The van der Waals surface area contributed by atoms with Crippen LogP contribution in [0.15, 0.2) is 36.5 Å². The molecule has 0 aliphatic carbocycles. The van der Waals surface area contributed by atoms with E-state index in [1.807, 2.05) is 26.0 Å². The second kappa shape index (κ2) is 14.9. The Morgan fingerprint density at radius 2 is 1.95 bits per heavy atom. The van der Waals surface area contributed by atoms with Gasteiger partial charge >= 0.3 is 6.18 Å². The maximum atomic E-state index is 10.4. The minimum absolute atomic E-state index is 0.188. The van der Waals surface area contributed by atoms with Crippen molar-refractivity contribution in [3.8, 4) is 0 Å². The van der Waals surface area contributed by atoms with Gasteiger partial charge in [-0.2, -0.15) is 13.2 Å². The monoisotopic (exact) mass is 321 g/mol. The van der Waals surface area contributed by atoms with Crippen molar-refractivity contribution in [2.24, 2.45) is 0 Å². The van der Waals surface area contributed by atoms with Gasteiger partial charge in [0.05, 0.1) is 12.7 Å². The minimum atomic E-state index is -4.00. The molecule has 1 unspecified atom stereocenters. The molecule has 0 aromatic rings. The van der Waals surface area contributed by atoms with E-state index < -0.39 is 6.18 Å². The second-order valence-electron chi connectivity index (χ2n) is 4.49. The fourth-order valence-electron chi connectivity index (χ4n) is 1.56. The van der Waals surface area contributed by atoms with E-state index in [2.05, 4.69) is 31.0 Å². The van der Waals surface area contributed by atoms with Crippen molar-refractivity contribution in [1.29, 1.82) is 0 Å². The van der Waals surface area contributed by atoms with Crippen molar-refractivity contribution in [2.45, 2.75) is 52.8 Å². The summed E-state index contributed by atoms with van der Waals surface area (Å²) in [5.74, 6) is 0. The van der Waals surface area contributed by atoms with Crippen LogP contribution in [0.2, 0.25) is 0 Å². The Kier molecular flexibility index (Phi) is 15.7. The van der Waals surface area contributed by atoms with Crippen LogP contribution in [-0.2, 0) is 4.74 Å². The van der Waals surface area contributed by atoms with E-state index in [1.54, 1.807) is 0 Å². The molecule has 0 aromatic heterocycles. The number of ether oxygens (including phenoxy) is 1. The van der Waals surface area contributed by atoms with Crippen molar-refractivity contribution in [3.05, 3.63) is 36.5 Å². The van der Waals surface area contributed by atoms with Crippen LogP contribution < -0.4 is 5.32 Å². The van der Waals surface area contributed by atoms with Gasteiger partial charge in [-0.15, -0.1) is 0 Å². The predicted octanol–water partition coefficient (Wildman–Crippen LogP) is 5.04. The first kappa shape index (κ1) is 23.2. The number of hydrogen-bond donors (Lipinski definition) is 1. The van der Waals surface area contributed by atoms with Crippen LogP contribution in [0, 0.1) is 0 Å². The van der Waals surface area contributed by atoms with Crippen molar-refractivity contribution in [3.63, 3.8) is 0 Å². The molecule has 1 aliphatic heterocycles. The van der Waals surface area contributed by atoms with E-state index in [1.165, 1.54) is 5.57 Å². The molecule has 1 aliphatic rings. The van der Waals surface area contributed by atoms with Crippen LogP contribution in [0.25, 0.3) is 0 Å². The summed E-state index contributed by atoms with van der Waals surface area (Å²) in [4.78, 5) is 0. The number of hydrogen-bond acceptors (Lipinski definition) is 2. The van der Waals surface area contributed by atoms with Crippen molar-refractivity contribution in [1.82, 2.24) is 5.32 Å². The lowest BCUT2D eigenvalue weighted by molar-refractivity contribution is -0.110. The quantitative estimate of drug-likeness (QED) is 0.692. The Morgan fingerprint density at radius 1 is 1.36 bits per heavy atom. The third-order valence-electron chi connectivity index (χ3n) is 2.40. The highest BCUT2D eigenvalue weighted by Crippen LogP contribution is 2.10. The molecule has 0 radical (unpaired) electrons. The minimum Gasteiger partial charge on any atom is -0.372 e. The van der Waals surface area contributed by atoms with E-state index in [-0.39, 0.29) is 6.92 Å². The summed E-state index contributed by atoms with van der Waals surface area (Å²) >= 11 is 0. The van der Waals surface area contributed by atoms with Crippen molar-refractivity contribution >= 4 is 0 Å². The Bertz CT molecular complexity index is 310. The molecule has 0 bridgehead atoms. The number of rotatable bonds is 6. The van der Waals surface area contributed by atoms with Gasteiger partial charge in [-0.1, -0.05) is 51.7 Å². The maximum absolute atomic E-state index is 10.4. The first-order valence-corrected chi connectivity index (χ1v) is 7.74. The largest absolute Gasteiger partial charge is 0.386 e. The highest BCUT2D eigenvalue weighted by atomic mass is 19.4. The molecule has 22 heavy (non-hydrogen) atoms. The van der Waals surface area contributed by atoms with Gasteiger partial charge in [0.25, 0.3) is 0 Å². The van der Waals surface area contributed by atoms with Crippen LogP contribution >= 0.6 is 0 Å². The second-order valence-corrected chi connectivity index (χ2v) is 4.49. The maximum Gasteiger partial charge on any atom is 0.386 e. The SMILES string of the molecule is C=C/C=C(\C=C/CC)COC1CCNC1.CC.CC(F)(F)F. The zero-order valence-corrected chi connectivity index (χ0v) is 14.2. The summed E-state index contributed by atoms with van der Waals surface area (Å²) in [6, 6.07) is 0. The van der Waals surface area contributed by atoms with Gasteiger partial charge in [0.2, 0.25) is 0 Å². The molecule has 0 saturated carbocycles. The number of alkyl halides is 3. The molecule has 2 nitrogen and oxygen atoms in total. The highest BCUT2D eigenvalue weighted by molar-refractivity contribution is 5.23. The third-order valence-corrected chi connectivity index (χ3v) is 2.40. The Morgan fingerprint density at radius 3 is 2.36 bits per heavy atom. The van der Waals surface area contributed by atoms with Crippen molar-refractivity contribution < 1.29 is 17.9 Å². The van der Waals surface area contributed by atoms with Crippen LogP contribution in [0.1, 0.15) is 40.5 Å². The summed E-state index contributed by atoms with van der Waals surface area (Å²) in [7, 11) is 0. The zero-order valence-electron chi connectivity index (χ0n) is 14.2. The third kappa shape index (κ3) is 18.9. The van der Waals surface area contributed by atoms with E-state index in [0.717, 1.165) is 25.9 Å². The number of halogens is 3. The fraction of sp³-hybridized carbons (Fsp3) is 0.647. The summed E-state index contributed by atoms with van der Waals surface area (Å²) in [5.41, 5.74) is 1.19. The molecule has 1 saturated heterocycles. The Balaban J connectivity index is 0. The predicted molar refractivity (Wildman–Crippen MR) is 88.0 cm³/mol. The molecule has 0 amide bonds. The zero-order chi connectivity index (χ0) is 17.4. The molecular weight excluding hydrogens is 291 g/mol. The Hall–Kier alpha value is -1.07. The lowest BCUT2D eigenvalue weighted by atomic mass is 10.2. The first-order chi connectivity index (χ1) is 10.4. The first-order valence-electron chi connectivity index (χ1n) is 7.74. The lowest BCUT2D eigenvalue weighted by Crippen LogP contribution is -2.17. The normalized spacial score (nSPS) is 18.3. The Labute approximate surface area is 133 Å². The molecule has 1 N–H and O–H groups in total. The molecule has 1 atom stereocenters. The molecule has 0 aromatic carbocycles. The van der Waals surface area contributed by atoms with Gasteiger partial charge in [0, 0.05) is 13.5 Å². The van der Waals surface area contributed by atoms with Gasteiger partial charge in [-0.25, -0.2) is 0 Å². The van der Waals surface area contributed by atoms with Gasteiger partial charge < -0.3 is 10.1 Å². The van der Waals surface area contributed by atoms with E-state index >= 15 is 0 Å². The van der Waals surface area contributed by atoms with Crippen LogP contribution in [-0.4, -0.2) is 32.0 Å². The van der Waals surface area contributed by atoms with Gasteiger partial charge in [0.15, 0.2) is 0 Å². The molecule has 1 rings (SSSR count). The average Bonchev–Trinajstić information content (AvgIpc) is 2.95. The topological polar surface area (TPSA) is 21.3 Å². The smallest absolute Gasteiger partial charge is 0.372 e. The average molecular weight is 321 g/mol. The summed E-state index contributed by atoms with van der Waals surface area (Å²) in [5, 5.41) is 3.29. The molecule has 5 heteroatoms. The van der Waals surface area contributed by atoms with E-state index in [4.69, 9.17) is 4.74 Å². The highest BCUT2D eigenvalue weighted by Gasteiger charge is 2.15. The molecule has 130 valence electrons. The van der Waals surface area contributed by atoms with Gasteiger partial charge in [-0.3, -0.25) is 0 Å². The van der Waals surface area contributed by atoms with Gasteiger partial charge in [0.1, 0.15) is 0 Å². The van der Waals surface area contributed by atoms with Crippen LogP contribution in [0.4, 0.5) is 13.2 Å². The molecule has 1 heterocycles. The lowest BCUT2D eigenvalue weighted by Gasteiger charge is -2.10. The van der Waals surface area contributed by atoms with Gasteiger partial charge in [-0.05, 0) is 25.0 Å². The molecular formula is C17H30F3NO. The summed E-state index contributed by atoms with van der Waals surface area (Å²) in [6.45, 7) is 12.8. The van der Waals surface area contributed by atoms with Crippen molar-refractivity contribution in [2.75, 3.05) is 19.7 Å². The van der Waals surface area contributed by atoms with Crippen LogP contribution in [0.5, 0.6) is 0 Å². The summed E-state index contributed by atoms with van der Waals surface area (Å²) < 4.78 is 36.8. The molecule has 1 fully saturated rings. The molecule has 0 spiro atoms.